The molecule has 3 rings (SSSR count). The molecular weight excluding hydrogens is 376 g/mol. The standard InChI is InChI=1S/C26H32O4/c1-6-8-23(27)29-19-12-10-18(11-13-19)26(5)17-25(3,4)21-15-14-20(16-22(21)26)30-24(28)9-7-2/h10-16H,6-9,17H2,1-5H3/t26-/m1/s1. The molecule has 0 N–H and O–H groups in total. The van der Waals surface area contributed by atoms with Crippen molar-refractivity contribution in [3.8, 4) is 11.5 Å². The fourth-order valence-electron chi connectivity index (χ4n) is 4.63. The van der Waals surface area contributed by atoms with E-state index in [9.17, 15) is 9.59 Å². The van der Waals surface area contributed by atoms with E-state index < -0.39 is 0 Å². The highest BCUT2D eigenvalue weighted by molar-refractivity contribution is 5.73. The Labute approximate surface area is 179 Å². The van der Waals surface area contributed by atoms with E-state index in [1.165, 1.54) is 11.1 Å². The fourth-order valence-corrected chi connectivity index (χ4v) is 4.63. The minimum Gasteiger partial charge on any atom is -0.427 e. The van der Waals surface area contributed by atoms with Crippen molar-refractivity contribution in [3.05, 3.63) is 59.2 Å². The van der Waals surface area contributed by atoms with Gasteiger partial charge in [-0.05, 0) is 65.6 Å². The number of carbonyl (C=O) groups is 2. The van der Waals surface area contributed by atoms with Gasteiger partial charge in [0.25, 0.3) is 0 Å². The van der Waals surface area contributed by atoms with Crippen LogP contribution in [0.1, 0.15) is 83.4 Å². The number of benzene rings is 2. The molecule has 4 nitrogen and oxygen atoms in total. The molecular formula is C26H32O4. The summed E-state index contributed by atoms with van der Waals surface area (Å²) in [7, 11) is 0. The molecule has 0 radical (unpaired) electrons. The molecule has 0 bridgehead atoms. The Kier molecular flexibility index (Phi) is 6.35. The van der Waals surface area contributed by atoms with Gasteiger partial charge in [-0.3, -0.25) is 9.59 Å². The summed E-state index contributed by atoms with van der Waals surface area (Å²) in [5, 5.41) is 0. The summed E-state index contributed by atoms with van der Waals surface area (Å²) in [6.45, 7) is 10.7. The van der Waals surface area contributed by atoms with Gasteiger partial charge in [0.1, 0.15) is 11.5 Å². The summed E-state index contributed by atoms with van der Waals surface area (Å²) in [6.07, 6.45) is 3.31. The van der Waals surface area contributed by atoms with Crippen molar-refractivity contribution in [2.24, 2.45) is 0 Å². The summed E-state index contributed by atoms with van der Waals surface area (Å²) in [4.78, 5) is 23.8. The monoisotopic (exact) mass is 408 g/mol. The molecule has 0 fully saturated rings. The molecule has 0 saturated carbocycles. The SMILES string of the molecule is CCCC(=O)Oc1ccc([C@@]2(C)CC(C)(C)c3ccc(OC(=O)CCC)cc32)cc1. The Hall–Kier alpha value is -2.62. The molecule has 1 aliphatic rings. The van der Waals surface area contributed by atoms with Crippen LogP contribution in [0.2, 0.25) is 0 Å². The van der Waals surface area contributed by atoms with Gasteiger partial charge in [-0.1, -0.05) is 52.8 Å². The van der Waals surface area contributed by atoms with E-state index in [0.717, 1.165) is 24.8 Å². The maximum absolute atomic E-state index is 12.0. The van der Waals surface area contributed by atoms with E-state index >= 15 is 0 Å². The minimum absolute atomic E-state index is 0.00229. The van der Waals surface area contributed by atoms with Gasteiger partial charge in [-0.15, -0.1) is 0 Å². The van der Waals surface area contributed by atoms with E-state index in [2.05, 4.69) is 26.8 Å². The number of ether oxygens (including phenoxy) is 2. The molecule has 1 atom stereocenters. The predicted octanol–water partition coefficient (Wildman–Crippen LogP) is 6.08. The van der Waals surface area contributed by atoms with Gasteiger partial charge >= 0.3 is 11.9 Å². The van der Waals surface area contributed by atoms with Crippen molar-refractivity contribution in [3.63, 3.8) is 0 Å². The van der Waals surface area contributed by atoms with Crippen molar-refractivity contribution in [1.82, 2.24) is 0 Å². The summed E-state index contributed by atoms with van der Waals surface area (Å²) < 4.78 is 11.0. The fraction of sp³-hybridized carbons (Fsp3) is 0.462. The third kappa shape index (κ3) is 4.43. The maximum Gasteiger partial charge on any atom is 0.311 e. The molecule has 0 aliphatic heterocycles. The molecule has 0 saturated heterocycles. The van der Waals surface area contributed by atoms with Gasteiger partial charge in [0.15, 0.2) is 0 Å². The third-order valence-electron chi connectivity index (χ3n) is 5.97. The smallest absolute Gasteiger partial charge is 0.311 e. The van der Waals surface area contributed by atoms with Crippen molar-refractivity contribution < 1.29 is 19.1 Å². The van der Waals surface area contributed by atoms with Crippen LogP contribution in [0.15, 0.2) is 42.5 Å². The number of fused-ring (bicyclic) bond motifs is 1. The van der Waals surface area contributed by atoms with Crippen molar-refractivity contribution >= 4 is 11.9 Å². The molecule has 0 unspecified atom stereocenters. The average Bonchev–Trinajstić information content (AvgIpc) is 2.89. The topological polar surface area (TPSA) is 52.6 Å². The van der Waals surface area contributed by atoms with Gasteiger partial charge in [0, 0.05) is 18.3 Å². The van der Waals surface area contributed by atoms with E-state index in [-0.39, 0.29) is 22.8 Å². The summed E-state index contributed by atoms with van der Waals surface area (Å²) in [6, 6.07) is 13.8. The lowest BCUT2D eigenvalue weighted by Crippen LogP contribution is -2.23. The summed E-state index contributed by atoms with van der Waals surface area (Å²) in [5.74, 6) is 0.763. The number of rotatable bonds is 7. The van der Waals surface area contributed by atoms with E-state index in [0.29, 0.717) is 24.3 Å². The van der Waals surface area contributed by atoms with Crippen LogP contribution in [0, 0.1) is 0 Å². The van der Waals surface area contributed by atoms with Gasteiger partial charge in [-0.2, -0.15) is 0 Å². The molecule has 2 aromatic rings. The average molecular weight is 409 g/mol. The zero-order chi connectivity index (χ0) is 21.9. The number of hydrogen-bond donors (Lipinski definition) is 0. The van der Waals surface area contributed by atoms with E-state index in [4.69, 9.17) is 9.47 Å². The first kappa shape index (κ1) is 22.1. The van der Waals surface area contributed by atoms with Gasteiger partial charge in [-0.25, -0.2) is 0 Å². The normalized spacial score (nSPS) is 19.2. The second kappa shape index (κ2) is 8.63. The lowest BCUT2D eigenvalue weighted by molar-refractivity contribution is -0.135. The third-order valence-corrected chi connectivity index (χ3v) is 5.97. The molecule has 0 aromatic heterocycles. The zero-order valence-corrected chi connectivity index (χ0v) is 18.7. The van der Waals surface area contributed by atoms with Crippen LogP contribution >= 0.6 is 0 Å². The lowest BCUT2D eigenvalue weighted by Gasteiger charge is -2.28. The number of carbonyl (C=O) groups excluding carboxylic acids is 2. The molecule has 0 heterocycles. The first-order chi connectivity index (χ1) is 14.2. The molecule has 1 aliphatic carbocycles. The quantitative estimate of drug-likeness (QED) is 0.411. The highest BCUT2D eigenvalue weighted by Crippen LogP contribution is 2.53. The van der Waals surface area contributed by atoms with Crippen LogP contribution in [-0.2, 0) is 20.4 Å². The van der Waals surface area contributed by atoms with Crippen LogP contribution in [0.25, 0.3) is 0 Å². The molecule has 0 amide bonds. The molecule has 4 heteroatoms. The van der Waals surface area contributed by atoms with Crippen molar-refractivity contribution in [2.45, 2.75) is 77.6 Å². The second-order valence-electron chi connectivity index (χ2n) is 9.07. The highest BCUT2D eigenvalue weighted by Gasteiger charge is 2.45. The number of esters is 2. The minimum atomic E-state index is -0.224. The zero-order valence-electron chi connectivity index (χ0n) is 18.7. The van der Waals surface area contributed by atoms with E-state index in [1.54, 1.807) is 0 Å². The Morgan fingerprint density at radius 2 is 1.33 bits per heavy atom. The molecule has 0 spiro atoms. The Morgan fingerprint density at radius 3 is 1.90 bits per heavy atom. The lowest BCUT2D eigenvalue weighted by atomic mass is 9.75. The summed E-state index contributed by atoms with van der Waals surface area (Å²) >= 11 is 0. The Morgan fingerprint density at radius 1 is 0.800 bits per heavy atom. The molecule has 160 valence electrons. The van der Waals surface area contributed by atoms with Crippen LogP contribution in [0.3, 0.4) is 0 Å². The van der Waals surface area contributed by atoms with Gasteiger partial charge < -0.3 is 9.47 Å². The van der Waals surface area contributed by atoms with Crippen LogP contribution < -0.4 is 9.47 Å². The van der Waals surface area contributed by atoms with Crippen molar-refractivity contribution in [1.29, 1.82) is 0 Å². The van der Waals surface area contributed by atoms with Crippen LogP contribution in [0.5, 0.6) is 11.5 Å². The van der Waals surface area contributed by atoms with Crippen LogP contribution in [0.4, 0.5) is 0 Å². The van der Waals surface area contributed by atoms with Crippen LogP contribution in [-0.4, -0.2) is 11.9 Å². The maximum atomic E-state index is 12.0. The highest BCUT2D eigenvalue weighted by atomic mass is 16.5. The Bertz CT molecular complexity index is 927. The predicted molar refractivity (Wildman–Crippen MR) is 118 cm³/mol. The first-order valence-electron chi connectivity index (χ1n) is 10.9. The first-order valence-corrected chi connectivity index (χ1v) is 10.9. The van der Waals surface area contributed by atoms with Gasteiger partial charge in [0.05, 0.1) is 0 Å². The second-order valence-corrected chi connectivity index (χ2v) is 9.07. The molecule has 30 heavy (non-hydrogen) atoms. The van der Waals surface area contributed by atoms with E-state index in [1.807, 2.05) is 50.2 Å². The summed E-state index contributed by atoms with van der Waals surface area (Å²) in [5.41, 5.74) is 3.39. The largest absolute Gasteiger partial charge is 0.427 e. The Balaban J connectivity index is 1.92. The van der Waals surface area contributed by atoms with Crippen molar-refractivity contribution in [2.75, 3.05) is 0 Å². The number of hydrogen-bond acceptors (Lipinski definition) is 4. The van der Waals surface area contributed by atoms with Gasteiger partial charge in [0.2, 0.25) is 0 Å². The molecule has 2 aromatic carbocycles.